The zero-order valence-electron chi connectivity index (χ0n) is 21.4. The first-order chi connectivity index (χ1) is 17.7. The van der Waals surface area contributed by atoms with Gasteiger partial charge in [0.25, 0.3) is 5.91 Å². The molecule has 2 aliphatic heterocycles. The molecule has 1 saturated heterocycles. The van der Waals surface area contributed by atoms with E-state index in [0.29, 0.717) is 5.41 Å². The number of hydrogen-bond donors (Lipinski definition) is 1. The van der Waals surface area contributed by atoms with Gasteiger partial charge in [0.1, 0.15) is 12.4 Å². The number of benzene rings is 2. The molecule has 2 aromatic carbocycles. The Balaban J connectivity index is 1.17. The summed E-state index contributed by atoms with van der Waals surface area (Å²) in [6.07, 6.45) is 11.6. The van der Waals surface area contributed by atoms with Gasteiger partial charge in [-0.25, -0.2) is 0 Å². The van der Waals surface area contributed by atoms with E-state index in [9.17, 15) is 4.79 Å². The van der Waals surface area contributed by atoms with Crippen LogP contribution in [0.15, 0.2) is 54.7 Å². The van der Waals surface area contributed by atoms with Crippen molar-refractivity contribution >= 4 is 16.8 Å². The minimum absolute atomic E-state index is 0.183. The van der Waals surface area contributed by atoms with Crippen molar-refractivity contribution in [1.29, 1.82) is 0 Å². The summed E-state index contributed by atoms with van der Waals surface area (Å²) in [5, 5.41) is 1.03. The fourth-order valence-electron chi connectivity index (χ4n) is 6.44. The van der Waals surface area contributed by atoms with Crippen molar-refractivity contribution in [2.75, 3.05) is 39.3 Å². The highest BCUT2D eigenvalue weighted by molar-refractivity contribution is 6.06. The molecule has 0 unspecified atom stereocenters. The number of para-hydroxylation sites is 1. The van der Waals surface area contributed by atoms with Crippen LogP contribution in [0.3, 0.4) is 0 Å². The third-order valence-corrected chi connectivity index (χ3v) is 8.75. The summed E-state index contributed by atoms with van der Waals surface area (Å²) in [4.78, 5) is 21.6. The Labute approximate surface area is 214 Å². The maximum absolute atomic E-state index is 13.5. The Morgan fingerprint density at radius 3 is 2.69 bits per heavy atom. The van der Waals surface area contributed by atoms with Crippen LogP contribution in [0.2, 0.25) is 0 Å². The molecule has 5 heteroatoms. The highest BCUT2D eigenvalue weighted by atomic mass is 16.5. The fraction of sp³-hybridized carbons (Fsp3) is 0.516. The van der Waals surface area contributed by atoms with Gasteiger partial charge in [-0.2, -0.15) is 0 Å². The van der Waals surface area contributed by atoms with Gasteiger partial charge in [-0.15, -0.1) is 0 Å². The molecule has 1 spiro atoms. The Morgan fingerprint density at radius 1 is 0.972 bits per heavy atom. The van der Waals surface area contributed by atoms with E-state index >= 15 is 0 Å². The minimum atomic E-state index is 0.183. The number of rotatable bonds is 3. The zero-order valence-corrected chi connectivity index (χ0v) is 21.4. The predicted molar refractivity (Wildman–Crippen MR) is 145 cm³/mol. The molecule has 3 aromatic rings. The molecule has 1 saturated carbocycles. The summed E-state index contributed by atoms with van der Waals surface area (Å²) in [6, 6.07) is 16.6. The van der Waals surface area contributed by atoms with Gasteiger partial charge in [-0.1, -0.05) is 30.7 Å². The van der Waals surface area contributed by atoms with Crippen LogP contribution in [0.25, 0.3) is 10.9 Å². The smallest absolute Gasteiger partial charge is 0.254 e. The van der Waals surface area contributed by atoms with Gasteiger partial charge in [0, 0.05) is 55.4 Å². The molecule has 0 atom stereocenters. The Morgan fingerprint density at radius 2 is 1.83 bits per heavy atom. The molecule has 1 aromatic heterocycles. The molecule has 1 aliphatic carbocycles. The number of nitrogens with zero attached hydrogens (tertiary/aromatic N) is 2. The van der Waals surface area contributed by atoms with E-state index in [2.05, 4.69) is 39.0 Å². The summed E-state index contributed by atoms with van der Waals surface area (Å²) in [5.41, 5.74) is 3.51. The zero-order chi connectivity index (χ0) is 24.4. The second kappa shape index (κ2) is 10.3. The molecule has 1 amide bonds. The Hall–Kier alpha value is -2.79. The van der Waals surface area contributed by atoms with E-state index in [1.165, 1.54) is 44.2 Å². The van der Waals surface area contributed by atoms with E-state index in [1.807, 2.05) is 30.5 Å². The molecule has 5 nitrogen and oxygen atoms in total. The van der Waals surface area contributed by atoms with Gasteiger partial charge in [0.15, 0.2) is 0 Å². The SMILES string of the molecule is O=C(c1cccc2[nH]ccc12)N1CCC2(CCCCc3ccccc3OCCN(CC3CC3)C2)CC1. The lowest BCUT2D eigenvalue weighted by Gasteiger charge is -2.45. The molecule has 0 radical (unpaired) electrons. The first kappa shape index (κ1) is 23.6. The van der Waals surface area contributed by atoms with Crippen molar-refractivity contribution in [2.24, 2.45) is 11.3 Å². The lowest BCUT2D eigenvalue weighted by molar-refractivity contribution is 0.0369. The van der Waals surface area contributed by atoms with Gasteiger partial charge in [0.05, 0.1) is 0 Å². The van der Waals surface area contributed by atoms with E-state index in [1.54, 1.807) is 0 Å². The molecular formula is C31H39N3O2. The number of nitrogens with one attached hydrogen (secondary N) is 1. The number of ether oxygens (including phenoxy) is 1. The molecule has 190 valence electrons. The van der Waals surface area contributed by atoms with Gasteiger partial charge in [-0.05, 0) is 86.1 Å². The average molecular weight is 486 g/mol. The molecule has 3 heterocycles. The number of carbonyl (C=O) groups excluding carboxylic acids is 1. The summed E-state index contributed by atoms with van der Waals surface area (Å²) in [7, 11) is 0. The van der Waals surface area contributed by atoms with Gasteiger partial charge >= 0.3 is 0 Å². The van der Waals surface area contributed by atoms with E-state index in [4.69, 9.17) is 4.74 Å². The maximum atomic E-state index is 13.5. The normalized spacial score (nSPS) is 21.4. The highest BCUT2D eigenvalue weighted by Crippen LogP contribution is 2.40. The number of likely N-dealkylation sites (tertiary alicyclic amines) is 1. The molecule has 2 fully saturated rings. The van der Waals surface area contributed by atoms with Crippen LogP contribution in [0.1, 0.15) is 60.9 Å². The van der Waals surface area contributed by atoms with Gasteiger partial charge in [-0.3, -0.25) is 9.69 Å². The van der Waals surface area contributed by atoms with Gasteiger partial charge in [0.2, 0.25) is 0 Å². The van der Waals surface area contributed by atoms with Crippen LogP contribution < -0.4 is 4.74 Å². The Bertz CT molecular complexity index is 1190. The van der Waals surface area contributed by atoms with Crippen molar-refractivity contribution in [3.63, 3.8) is 0 Å². The fourth-order valence-corrected chi connectivity index (χ4v) is 6.44. The Kier molecular flexibility index (Phi) is 6.75. The lowest BCUT2D eigenvalue weighted by Crippen LogP contribution is -2.49. The molecule has 1 N–H and O–H groups in total. The van der Waals surface area contributed by atoms with Crippen LogP contribution in [0.4, 0.5) is 0 Å². The van der Waals surface area contributed by atoms with E-state index in [0.717, 1.165) is 80.2 Å². The number of piperidine rings is 1. The number of fused-ring (bicyclic) bond motifs is 2. The number of aromatic nitrogens is 1. The van der Waals surface area contributed by atoms with E-state index < -0.39 is 0 Å². The van der Waals surface area contributed by atoms with Crippen LogP contribution in [0, 0.1) is 11.3 Å². The number of hydrogen-bond acceptors (Lipinski definition) is 3. The predicted octanol–water partition coefficient (Wildman–Crippen LogP) is 5.91. The summed E-state index contributed by atoms with van der Waals surface area (Å²) >= 11 is 0. The topological polar surface area (TPSA) is 48.6 Å². The monoisotopic (exact) mass is 485 g/mol. The molecule has 36 heavy (non-hydrogen) atoms. The number of amides is 1. The van der Waals surface area contributed by atoms with Gasteiger partial charge < -0.3 is 14.6 Å². The standard InChI is InChI=1S/C31H39N3O2/c35-30(27-8-5-9-28-26(27)13-17-32-28)34-18-15-31(16-19-34)14-4-3-7-25-6-1-2-10-29(25)36-21-20-33(23-31)22-24-11-12-24/h1-2,5-6,8-10,13,17,24,32H,3-4,7,11-12,14-16,18-23H2. The number of aryl methyl sites for hydroxylation is 1. The summed E-state index contributed by atoms with van der Waals surface area (Å²) < 4.78 is 6.30. The van der Waals surface area contributed by atoms with Crippen molar-refractivity contribution in [1.82, 2.24) is 14.8 Å². The second-order valence-electron chi connectivity index (χ2n) is 11.4. The minimum Gasteiger partial charge on any atom is -0.492 e. The van der Waals surface area contributed by atoms with Crippen LogP contribution in [0.5, 0.6) is 5.75 Å². The van der Waals surface area contributed by atoms with Crippen molar-refractivity contribution in [2.45, 2.75) is 51.4 Å². The summed E-state index contributed by atoms with van der Waals surface area (Å²) in [5.74, 6) is 2.12. The molecule has 6 rings (SSSR count). The lowest BCUT2D eigenvalue weighted by atomic mass is 9.73. The molecule has 3 aliphatic rings. The number of carbonyl (C=O) groups is 1. The average Bonchev–Trinajstić information content (AvgIpc) is 3.58. The second-order valence-corrected chi connectivity index (χ2v) is 11.4. The molecular weight excluding hydrogens is 446 g/mol. The van der Waals surface area contributed by atoms with Crippen molar-refractivity contribution < 1.29 is 9.53 Å². The number of H-pyrrole nitrogens is 1. The first-order valence-electron chi connectivity index (χ1n) is 14.0. The third kappa shape index (κ3) is 5.17. The van der Waals surface area contributed by atoms with Crippen molar-refractivity contribution in [3.05, 3.63) is 65.9 Å². The van der Waals surface area contributed by atoms with E-state index in [-0.39, 0.29) is 5.91 Å². The largest absolute Gasteiger partial charge is 0.492 e. The van der Waals surface area contributed by atoms with Crippen LogP contribution >= 0.6 is 0 Å². The van der Waals surface area contributed by atoms with Crippen LogP contribution in [-0.4, -0.2) is 60.0 Å². The van der Waals surface area contributed by atoms with Crippen LogP contribution in [-0.2, 0) is 6.42 Å². The first-order valence-corrected chi connectivity index (χ1v) is 14.0. The molecule has 0 bridgehead atoms. The third-order valence-electron chi connectivity index (χ3n) is 8.75. The highest BCUT2D eigenvalue weighted by Gasteiger charge is 2.38. The quantitative estimate of drug-likeness (QED) is 0.502. The van der Waals surface area contributed by atoms with Crippen molar-refractivity contribution in [3.8, 4) is 5.75 Å². The summed E-state index contributed by atoms with van der Waals surface area (Å²) in [6.45, 7) is 5.80. The maximum Gasteiger partial charge on any atom is 0.254 e. The number of aromatic amines is 1.